The summed E-state index contributed by atoms with van der Waals surface area (Å²) in [5.74, 6) is -0.557. The molecule has 0 saturated heterocycles. The lowest BCUT2D eigenvalue weighted by Crippen LogP contribution is -2.32. The van der Waals surface area contributed by atoms with Crippen LogP contribution < -0.4 is 4.74 Å². The zero-order valence-electron chi connectivity index (χ0n) is 13.6. The van der Waals surface area contributed by atoms with Crippen molar-refractivity contribution >= 4 is 11.6 Å². The van der Waals surface area contributed by atoms with Gasteiger partial charge >= 0.3 is 5.69 Å². The van der Waals surface area contributed by atoms with Crippen LogP contribution in [0.25, 0.3) is 0 Å². The second-order valence-corrected chi connectivity index (χ2v) is 5.94. The summed E-state index contributed by atoms with van der Waals surface area (Å²) in [5, 5.41) is 10.9. The number of nitro groups is 1. The fraction of sp³-hybridized carbons (Fsp3) is 0.278. The Hall–Kier alpha value is -2.96. The van der Waals surface area contributed by atoms with Crippen LogP contribution in [0.5, 0.6) is 5.75 Å². The number of benzene rings is 2. The topological polar surface area (TPSA) is 72.7 Å². The third-order valence-electron chi connectivity index (χ3n) is 4.15. The second kappa shape index (κ2) is 6.88. The molecule has 3 rings (SSSR count). The molecule has 0 unspecified atom stereocenters. The number of carbonyl (C=O) groups is 1. The van der Waals surface area contributed by atoms with Crippen molar-refractivity contribution in [2.75, 3.05) is 7.11 Å². The van der Waals surface area contributed by atoms with Gasteiger partial charge in [0.05, 0.1) is 12.0 Å². The van der Waals surface area contributed by atoms with Crippen molar-refractivity contribution in [2.24, 2.45) is 0 Å². The second-order valence-electron chi connectivity index (χ2n) is 5.94. The molecule has 1 aliphatic rings. The molecule has 0 N–H and O–H groups in total. The van der Waals surface area contributed by atoms with Crippen molar-refractivity contribution in [3.63, 3.8) is 0 Å². The van der Waals surface area contributed by atoms with E-state index in [1.54, 1.807) is 12.0 Å². The van der Waals surface area contributed by atoms with Crippen molar-refractivity contribution in [2.45, 2.75) is 25.4 Å². The molecule has 1 fully saturated rings. The van der Waals surface area contributed by atoms with Crippen LogP contribution in [0, 0.1) is 15.9 Å². The quantitative estimate of drug-likeness (QED) is 0.593. The maximum absolute atomic E-state index is 13.5. The molecule has 1 saturated carbocycles. The molecule has 7 heteroatoms. The monoisotopic (exact) mass is 344 g/mol. The minimum atomic E-state index is -0.949. The van der Waals surface area contributed by atoms with E-state index in [0.717, 1.165) is 36.3 Å². The third-order valence-corrected chi connectivity index (χ3v) is 4.15. The predicted molar refractivity (Wildman–Crippen MR) is 88.9 cm³/mol. The zero-order chi connectivity index (χ0) is 18.0. The molecule has 0 bridgehead atoms. The van der Waals surface area contributed by atoms with Gasteiger partial charge in [0, 0.05) is 24.2 Å². The van der Waals surface area contributed by atoms with E-state index >= 15 is 0 Å². The molecule has 2 aromatic carbocycles. The average molecular weight is 344 g/mol. The summed E-state index contributed by atoms with van der Waals surface area (Å²) in [5.41, 5.74) is 0.359. The van der Waals surface area contributed by atoms with Crippen LogP contribution in [0.4, 0.5) is 10.1 Å². The average Bonchev–Trinajstić information content (AvgIpc) is 3.44. The number of amides is 1. The van der Waals surface area contributed by atoms with Crippen molar-refractivity contribution in [3.8, 4) is 5.75 Å². The van der Waals surface area contributed by atoms with Gasteiger partial charge in [-0.1, -0.05) is 12.1 Å². The Morgan fingerprint density at radius 2 is 1.96 bits per heavy atom. The van der Waals surface area contributed by atoms with Crippen LogP contribution in [0.2, 0.25) is 0 Å². The number of halogens is 1. The minimum Gasteiger partial charge on any atom is -0.497 e. The van der Waals surface area contributed by atoms with Gasteiger partial charge in [0.2, 0.25) is 5.82 Å². The van der Waals surface area contributed by atoms with Crippen molar-refractivity contribution in [3.05, 3.63) is 69.5 Å². The Balaban J connectivity index is 1.84. The molecule has 130 valence electrons. The van der Waals surface area contributed by atoms with E-state index in [0.29, 0.717) is 6.54 Å². The van der Waals surface area contributed by atoms with E-state index in [1.807, 2.05) is 24.3 Å². The molecule has 0 atom stereocenters. The Morgan fingerprint density at radius 3 is 2.52 bits per heavy atom. The highest BCUT2D eigenvalue weighted by atomic mass is 19.1. The van der Waals surface area contributed by atoms with Crippen LogP contribution in [-0.4, -0.2) is 28.9 Å². The van der Waals surface area contributed by atoms with Crippen LogP contribution >= 0.6 is 0 Å². The number of methoxy groups -OCH3 is 1. The van der Waals surface area contributed by atoms with Gasteiger partial charge in [0.1, 0.15) is 5.75 Å². The Morgan fingerprint density at radius 1 is 1.28 bits per heavy atom. The molecule has 0 radical (unpaired) electrons. The van der Waals surface area contributed by atoms with Gasteiger partial charge in [-0.3, -0.25) is 14.9 Å². The summed E-state index contributed by atoms with van der Waals surface area (Å²) in [6.45, 7) is 0.388. The fourth-order valence-electron chi connectivity index (χ4n) is 2.63. The first-order chi connectivity index (χ1) is 12.0. The smallest absolute Gasteiger partial charge is 0.305 e. The van der Waals surface area contributed by atoms with E-state index in [2.05, 4.69) is 0 Å². The number of ether oxygens (including phenoxy) is 1. The molecule has 1 amide bonds. The molecule has 25 heavy (non-hydrogen) atoms. The van der Waals surface area contributed by atoms with Gasteiger partial charge in [0.15, 0.2) is 0 Å². The molecule has 1 aliphatic carbocycles. The fourth-order valence-corrected chi connectivity index (χ4v) is 2.63. The minimum absolute atomic E-state index is 0.110. The third kappa shape index (κ3) is 3.76. The number of rotatable bonds is 6. The Labute approximate surface area is 144 Å². The number of hydrogen-bond donors (Lipinski definition) is 0. The largest absolute Gasteiger partial charge is 0.497 e. The van der Waals surface area contributed by atoms with Crippen molar-refractivity contribution in [1.82, 2.24) is 4.90 Å². The SMILES string of the molecule is COc1ccc(CN(C(=O)c2ccc(F)c([N+](=O)[O-])c2)C2CC2)cc1. The highest BCUT2D eigenvalue weighted by molar-refractivity contribution is 5.95. The highest BCUT2D eigenvalue weighted by Crippen LogP contribution is 2.31. The van der Waals surface area contributed by atoms with Gasteiger partial charge < -0.3 is 9.64 Å². The summed E-state index contributed by atoms with van der Waals surface area (Å²) in [6.07, 6.45) is 1.79. The highest BCUT2D eigenvalue weighted by Gasteiger charge is 2.33. The standard InChI is InChI=1S/C18H17FN2O4/c1-25-15-7-2-12(3-8-15)11-20(14-5-6-14)18(22)13-4-9-16(19)17(10-13)21(23)24/h2-4,7-10,14H,5-6,11H2,1H3. The van der Waals surface area contributed by atoms with E-state index in [4.69, 9.17) is 4.74 Å². The lowest BCUT2D eigenvalue weighted by atomic mass is 10.1. The van der Waals surface area contributed by atoms with E-state index in [9.17, 15) is 19.3 Å². The molecule has 0 spiro atoms. The zero-order valence-corrected chi connectivity index (χ0v) is 13.6. The van der Waals surface area contributed by atoms with Gasteiger partial charge in [-0.2, -0.15) is 4.39 Å². The normalized spacial score (nSPS) is 13.4. The van der Waals surface area contributed by atoms with E-state index in [1.165, 1.54) is 6.07 Å². The van der Waals surface area contributed by atoms with Gasteiger partial charge in [-0.05, 0) is 42.7 Å². The maximum atomic E-state index is 13.5. The Kier molecular flexibility index (Phi) is 4.65. The summed E-state index contributed by atoms with van der Waals surface area (Å²) < 4.78 is 18.6. The summed E-state index contributed by atoms with van der Waals surface area (Å²) in [7, 11) is 1.58. The van der Waals surface area contributed by atoms with Crippen LogP contribution in [0.15, 0.2) is 42.5 Å². The molecular weight excluding hydrogens is 327 g/mol. The first kappa shape index (κ1) is 16.9. The van der Waals surface area contributed by atoms with Gasteiger partial charge in [0.25, 0.3) is 5.91 Å². The summed E-state index contributed by atoms with van der Waals surface area (Å²) >= 11 is 0. The van der Waals surface area contributed by atoms with Crippen LogP contribution in [0.1, 0.15) is 28.8 Å². The number of carbonyl (C=O) groups excluding carboxylic acids is 1. The van der Waals surface area contributed by atoms with Gasteiger partial charge in [-0.25, -0.2) is 0 Å². The van der Waals surface area contributed by atoms with Crippen LogP contribution in [0.3, 0.4) is 0 Å². The lowest BCUT2D eigenvalue weighted by molar-refractivity contribution is -0.387. The number of nitro benzene ring substituents is 1. The lowest BCUT2D eigenvalue weighted by Gasteiger charge is -2.23. The van der Waals surface area contributed by atoms with Crippen molar-refractivity contribution in [1.29, 1.82) is 0 Å². The Bertz CT molecular complexity index is 803. The van der Waals surface area contributed by atoms with Crippen molar-refractivity contribution < 1.29 is 18.8 Å². The first-order valence-corrected chi connectivity index (χ1v) is 7.87. The predicted octanol–water partition coefficient (Wildman–Crippen LogP) is 3.55. The van der Waals surface area contributed by atoms with Gasteiger partial charge in [-0.15, -0.1) is 0 Å². The summed E-state index contributed by atoms with van der Waals surface area (Å²) in [6, 6.07) is 10.7. The number of hydrogen-bond acceptors (Lipinski definition) is 4. The number of nitrogens with zero attached hydrogens (tertiary/aromatic N) is 2. The maximum Gasteiger partial charge on any atom is 0.305 e. The molecular formula is C18H17FN2O4. The van der Waals surface area contributed by atoms with Crippen LogP contribution in [-0.2, 0) is 6.54 Å². The van der Waals surface area contributed by atoms with E-state index in [-0.39, 0.29) is 17.5 Å². The molecule has 2 aromatic rings. The molecule has 0 aliphatic heterocycles. The molecule has 0 aromatic heterocycles. The first-order valence-electron chi connectivity index (χ1n) is 7.87. The molecule has 6 nitrogen and oxygen atoms in total. The summed E-state index contributed by atoms with van der Waals surface area (Å²) in [4.78, 5) is 24.5. The van der Waals surface area contributed by atoms with E-state index < -0.39 is 16.4 Å². The molecule has 0 heterocycles.